The van der Waals surface area contributed by atoms with E-state index >= 15 is 0 Å². The highest BCUT2D eigenvalue weighted by atomic mass is 35.5. The topological polar surface area (TPSA) is 123 Å². The number of aryl methyl sites for hydroxylation is 1. The van der Waals surface area contributed by atoms with Crippen molar-refractivity contribution in [2.45, 2.75) is 25.4 Å². The molecule has 3 aromatic rings. The van der Waals surface area contributed by atoms with Gasteiger partial charge in [-0.1, -0.05) is 11.6 Å². The van der Waals surface area contributed by atoms with Crippen LogP contribution in [-0.2, 0) is 15.5 Å². The highest BCUT2D eigenvalue weighted by molar-refractivity contribution is 7.91. The molecule has 0 bridgehead atoms. The predicted octanol–water partition coefficient (Wildman–Crippen LogP) is 2.10. The van der Waals surface area contributed by atoms with E-state index in [4.69, 9.17) is 11.6 Å². The number of hydrogen-bond acceptors (Lipinski definition) is 7. The molecule has 0 radical (unpaired) electrons. The SMILES string of the molecule is Cc1cc(Nc2ncnc3ccc(Cl)cc23)c(=O)n2c1C(=O)NC21CCS(=O)(=O)CC1. The van der Waals surface area contributed by atoms with Crippen LogP contribution < -0.4 is 16.2 Å². The standard InChI is InChI=1S/C20H18ClN5O4S/c1-11-8-15(24-17-13-9-12(21)2-3-14(13)22-10-23-17)19(28)26-16(11)18(27)25-20(26)4-6-31(29,30)7-5-20/h2-3,8-10H,4-7H2,1H3,(H,25,27)(H,22,23,24). The van der Waals surface area contributed by atoms with E-state index in [1.165, 1.54) is 10.9 Å². The summed E-state index contributed by atoms with van der Waals surface area (Å²) in [5.74, 6) is -0.155. The summed E-state index contributed by atoms with van der Waals surface area (Å²) >= 11 is 6.12. The highest BCUT2D eigenvalue weighted by Crippen LogP contribution is 2.35. The van der Waals surface area contributed by atoms with Crippen molar-refractivity contribution < 1.29 is 13.2 Å². The van der Waals surface area contributed by atoms with Crippen molar-refractivity contribution in [3.63, 3.8) is 0 Å². The van der Waals surface area contributed by atoms with E-state index in [0.717, 1.165) is 0 Å². The Hall–Kier alpha value is -2.98. The minimum atomic E-state index is -3.19. The van der Waals surface area contributed by atoms with Crippen LogP contribution in [0.1, 0.15) is 28.9 Å². The zero-order valence-corrected chi connectivity index (χ0v) is 18.0. The summed E-state index contributed by atoms with van der Waals surface area (Å²) < 4.78 is 25.3. The number of pyridine rings is 1. The van der Waals surface area contributed by atoms with Gasteiger partial charge in [-0.2, -0.15) is 0 Å². The van der Waals surface area contributed by atoms with E-state index in [9.17, 15) is 18.0 Å². The summed E-state index contributed by atoms with van der Waals surface area (Å²) in [5.41, 5.74) is 0.268. The molecule has 31 heavy (non-hydrogen) atoms. The first kappa shape index (κ1) is 20.0. The third kappa shape index (κ3) is 3.17. The van der Waals surface area contributed by atoms with E-state index in [2.05, 4.69) is 20.6 Å². The van der Waals surface area contributed by atoms with Gasteiger partial charge in [0.25, 0.3) is 11.5 Å². The Morgan fingerprint density at radius 1 is 1.16 bits per heavy atom. The van der Waals surface area contributed by atoms with Gasteiger partial charge in [-0.3, -0.25) is 14.2 Å². The highest BCUT2D eigenvalue weighted by Gasteiger charge is 2.48. The molecule has 0 aliphatic carbocycles. The number of hydrogen-bond donors (Lipinski definition) is 2. The largest absolute Gasteiger partial charge is 0.335 e. The summed E-state index contributed by atoms with van der Waals surface area (Å²) in [7, 11) is -3.19. The number of amides is 1. The third-order valence-corrected chi connectivity index (χ3v) is 7.77. The smallest absolute Gasteiger partial charge is 0.276 e. The van der Waals surface area contributed by atoms with Crippen LogP contribution in [-0.4, -0.2) is 40.4 Å². The molecular formula is C20H18ClN5O4S. The van der Waals surface area contributed by atoms with Crippen LogP contribution in [0.3, 0.4) is 0 Å². The van der Waals surface area contributed by atoms with Gasteiger partial charge in [-0.25, -0.2) is 18.4 Å². The van der Waals surface area contributed by atoms with Crippen LogP contribution in [0.5, 0.6) is 0 Å². The normalized spacial score (nSPS) is 18.7. The molecule has 0 atom stereocenters. The van der Waals surface area contributed by atoms with Crippen LogP contribution in [0.25, 0.3) is 10.9 Å². The second-order valence-corrected chi connectivity index (χ2v) is 10.6. The van der Waals surface area contributed by atoms with Crippen LogP contribution in [0.4, 0.5) is 11.5 Å². The number of benzene rings is 1. The van der Waals surface area contributed by atoms with Crippen molar-refractivity contribution in [2.24, 2.45) is 0 Å². The Morgan fingerprint density at radius 3 is 2.65 bits per heavy atom. The van der Waals surface area contributed by atoms with Crippen LogP contribution >= 0.6 is 11.6 Å². The third-order valence-electron chi connectivity index (χ3n) is 5.88. The van der Waals surface area contributed by atoms with Crippen LogP contribution in [0, 0.1) is 6.92 Å². The monoisotopic (exact) mass is 459 g/mol. The van der Waals surface area contributed by atoms with Gasteiger partial charge < -0.3 is 10.6 Å². The molecular weight excluding hydrogens is 442 g/mol. The molecule has 160 valence electrons. The quantitative estimate of drug-likeness (QED) is 0.601. The summed E-state index contributed by atoms with van der Waals surface area (Å²) in [4.78, 5) is 34.6. The fraction of sp³-hybridized carbons (Fsp3) is 0.300. The lowest BCUT2D eigenvalue weighted by Crippen LogP contribution is -2.52. The summed E-state index contributed by atoms with van der Waals surface area (Å²) in [5, 5.41) is 7.08. The lowest BCUT2D eigenvalue weighted by atomic mass is 10.0. The first-order chi connectivity index (χ1) is 14.7. The lowest BCUT2D eigenvalue weighted by molar-refractivity contribution is 0.0908. The number of sulfone groups is 1. The molecule has 2 N–H and O–H groups in total. The molecule has 2 aliphatic heterocycles. The van der Waals surface area contributed by atoms with Gasteiger partial charge >= 0.3 is 0 Å². The van der Waals surface area contributed by atoms with Crippen molar-refractivity contribution >= 4 is 49.8 Å². The van der Waals surface area contributed by atoms with E-state index in [1.54, 1.807) is 31.2 Å². The lowest BCUT2D eigenvalue weighted by Gasteiger charge is -2.35. The number of fused-ring (bicyclic) bond motifs is 3. The van der Waals surface area contributed by atoms with Crippen molar-refractivity contribution in [3.05, 3.63) is 57.2 Å². The molecule has 1 aromatic carbocycles. The number of carbonyl (C=O) groups excluding carboxylic acids is 1. The number of nitrogens with one attached hydrogen (secondary N) is 2. The summed E-state index contributed by atoms with van der Waals surface area (Å²) in [6.07, 6.45) is 1.67. The van der Waals surface area contributed by atoms with Gasteiger partial charge in [0.2, 0.25) is 0 Å². The van der Waals surface area contributed by atoms with Crippen molar-refractivity contribution in [1.82, 2.24) is 19.9 Å². The summed E-state index contributed by atoms with van der Waals surface area (Å²) in [6, 6.07) is 6.78. The fourth-order valence-corrected chi connectivity index (χ4v) is 6.00. The maximum Gasteiger partial charge on any atom is 0.276 e. The molecule has 11 heteroatoms. The average Bonchev–Trinajstić information content (AvgIpc) is 3.02. The molecule has 2 aromatic heterocycles. The minimum Gasteiger partial charge on any atom is -0.335 e. The van der Waals surface area contributed by atoms with Gasteiger partial charge in [0.15, 0.2) is 9.84 Å². The van der Waals surface area contributed by atoms with E-state index < -0.39 is 21.1 Å². The zero-order valence-electron chi connectivity index (χ0n) is 16.5. The first-order valence-electron chi connectivity index (χ1n) is 9.66. The van der Waals surface area contributed by atoms with Gasteiger partial charge in [-0.15, -0.1) is 0 Å². The maximum atomic E-state index is 13.5. The Kier molecular flexibility index (Phi) is 4.35. The molecule has 1 fully saturated rings. The molecule has 0 unspecified atom stereocenters. The van der Waals surface area contributed by atoms with Gasteiger partial charge in [0.1, 0.15) is 29.2 Å². The van der Waals surface area contributed by atoms with E-state index in [-0.39, 0.29) is 41.6 Å². The van der Waals surface area contributed by atoms with Crippen molar-refractivity contribution in [3.8, 4) is 0 Å². The van der Waals surface area contributed by atoms with Crippen molar-refractivity contribution in [2.75, 3.05) is 16.8 Å². The second kappa shape index (κ2) is 6.76. The molecule has 1 spiro atoms. The molecule has 0 saturated carbocycles. The number of rotatable bonds is 2. The van der Waals surface area contributed by atoms with Gasteiger partial charge in [0, 0.05) is 23.3 Å². The average molecular weight is 460 g/mol. The number of nitrogens with zero attached hydrogens (tertiary/aromatic N) is 3. The maximum absolute atomic E-state index is 13.5. The molecule has 9 nitrogen and oxygen atoms in total. The Balaban J connectivity index is 1.65. The second-order valence-electron chi connectivity index (χ2n) is 7.88. The number of aromatic nitrogens is 3. The number of anilines is 2. The Morgan fingerprint density at radius 2 is 1.90 bits per heavy atom. The van der Waals surface area contributed by atoms with Crippen LogP contribution in [0.2, 0.25) is 5.02 Å². The first-order valence-corrected chi connectivity index (χ1v) is 11.9. The van der Waals surface area contributed by atoms with E-state index in [0.29, 0.717) is 27.3 Å². The fourth-order valence-electron chi connectivity index (χ4n) is 4.33. The van der Waals surface area contributed by atoms with E-state index in [1.807, 2.05) is 0 Å². The molecule has 4 heterocycles. The Labute approximate surface area is 182 Å². The van der Waals surface area contributed by atoms with Crippen LogP contribution in [0.15, 0.2) is 35.4 Å². The molecule has 1 amide bonds. The minimum absolute atomic E-state index is 0.0924. The van der Waals surface area contributed by atoms with Crippen molar-refractivity contribution in [1.29, 1.82) is 0 Å². The molecule has 1 saturated heterocycles. The zero-order chi connectivity index (χ0) is 22.0. The van der Waals surface area contributed by atoms with Gasteiger partial charge in [0.05, 0.1) is 17.0 Å². The Bertz CT molecular complexity index is 1420. The van der Waals surface area contributed by atoms with Gasteiger partial charge in [-0.05, 0) is 36.8 Å². The predicted molar refractivity (Wildman–Crippen MR) is 117 cm³/mol. The molecule has 5 rings (SSSR count). The summed E-state index contributed by atoms with van der Waals surface area (Å²) in [6.45, 7) is 1.74. The number of carbonyl (C=O) groups is 1. The molecule has 2 aliphatic rings. The number of halogens is 1.